The van der Waals surface area contributed by atoms with E-state index >= 15 is 0 Å². The van der Waals surface area contributed by atoms with E-state index in [-0.39, 0.29) is 6.42 Å². The normalized spacial score (nSPS) is 11.9. The van der Waals surface area contributed by atoms with E-state index in [1.807, 2.05) is 6.07 Å². The number of unbranched alkanes of at least 4 members (excludes halogenated alkanes) is 1. The van der Waals surface area contributed by atoms with Gasteiger partial charge in [-0.3, -0.25) is 5.10 Å². The molecule has 1 aromatic heterocycles. The van der Waals surface area contributed by atoms with Crippen molar-refractivity contribution in [2.24, 2.45) is 0 Å². The van der Waals surface area contributed by atoms with Gasteiger partial charge in [-0.2, -0.15) is 18.3 Å². The first-order valence-corrected chi connectivity index (χ1v) is 4.83. The second-order valence-corrected chi connectivity index (χ2v) is 3.33. The monoisotopic (exact) mass is 221 g/mol. The first kappa shape index (κ1) is 12.0. The van der Waals surface area contributed by atoms with Crippen LogP contribution in [0.1, 0.15) is 25.0 Å². The number of alkyl halides is 3. The average Bonchev–Trinajstić information content (AvgIpc) is 2.61. The van der Waals surface area contributed by atoms with E-state index in [9.17, 15) is 13.2 Å². The van der Waals surface area contributed by atoms with Crippen LogP contribution in [-0.2, 0) is 6.54 Å². The van der Waals surface area contributed by atoms with Crippen molar-refractivity contribution in [3.05, 3.63) is 18.0 Å². The third kappa shape index (κ3) is 6.11. The van der Waals surface area contributed by atoms with Gasteiger partial charge in [-0.05, 0) is 25.5 Å². The van der Waals surface area contributed by atoms with E-state index in [2.05, 4.69) is 15.5 Å². The first-order valence-electron chi connectivity index (χ1n) is 4.83. The number of H-pyrrole nitrogens is 1. The van der Waals surface area contributed by atoms with Gasteiger partial charge >= 0.3 is 6.18 Å². The molecule has 6 heteroatoms. The molecule has 1 rings (SSSR count). The Morgan fingerprint density at radius 3 is 2.73 bits per heavy atom. The summed E-state index contributed by atoms with van der Waals surface area (Å²) in [6.45, 7) is 1.21. The Labute approximate surface area is 86.1 Å². The number of halogens is 3. The van der Waals surface area contributed by atoms with Crippen molar-refractivity contribution in [3.8, 4) is 0 Å². The molecule has 0 saturated carbocycles. The number of hydrogen-bond donors (Lipinski definition) is 2. The number of nitrogens with one attached hydrogen (secondary N) is 2. The van der Waals surface area contributed by atoms with Crippen molar-refractivity contribution < 1.29 is 13.2 Å². The summed E-state index contributed by atoms with van der Waals surface area (Å²) in [5.74, 6) is 0. The highest BCUT2D eigenvalue weighted by atomic mass is 19.4. The zero-order valence-corrected chi connectivity index (χ0v) is 8.27. The molecule has 0 saturated heterocycles. The predicted octanol–water partition coefficient (Wildman–Crippen LogP) is 2.23. The lowest BCUT2D eigenvalue weighted by molar-refractivity contribution is -0.135. The Morgan fingerprint density at radius 2 is 2.13 bits per heavy atom. The second-order valence-electron chi connectivity index (χ2n) is 3.33. The predicted molar refractivity (Wildman–Crippen MR) is 50.2 cm³/mol. The maximum atomic E-state index is 11.8. The molecule has 86 valence electrons. The summed E-state index contributed by atoms with van der Waals surface area (Å²) in [6.07, 6.45) is -2.37. The zero-order chi connectivity index (χ0) is 11.1. The van der Waals surface area contributed by atoms with E-state index in [0.717, 1.165) is 5.69 Å². The third-order valence-electron chi connectivity index (χ3n) is 1.94. The summed E-state index contributed by atoms with van der Waals surface area (Å²) in [4.78, 5) is 0. The van der Waals surface area contributed by atoms with Crippen LogP contribution in [0.3, 0.4) is 0 Å². The summed E-state index contributed by atoms with van der Waals surface area (Å²) in [5.41, 5.74) is 0.936. The second kappa shape index (κ2) is 5.75. The quantitative estimate of drug-likeness (QED) is 0.723. The van der Waals surface area contributed by atoms with Crippen LogP contribution in [0, 0.1) is 0 Å². The van der Waals surface area contributed by atoms with Crippen LogP contribution >= 0.6 is 0 Å². The highest BCUT2D eigenvalue weighted by molar-refractivity contribution is 4.96. The Balaban J connectivity index is 1.94. The molecule has 0 fully saturated rings. The molecular formula is C9H14F3N3. The molecule has 1 heterocycles. The number of rotatable bonds is 6. The minimum absolute atomic E-state index is 0.180. The molecule has 0 unspecified atom stereocenters. The molecule has 15 heavy (non-hydrogen) atoms. The molecule has 3 nitrogen and oxygen atoms in total. The summed E-state index contributed by atoms with van der Waals surface area (Å²) in [5, 5.41) is 9.55. The van der Waals surface area contributed by atoms with E-state index < -0.39 is 12.6 Å². The smallest absolute Gasteiger partial charge is 0.311 e. The van der Waals surface area contributed by atoms with Crippen molar-refractivity contribution in [2.45, 2.75) is 32.0 Å². The van der Waals surface area contributed by atoms with Gasteiger partial charge in [0, 0.05) is 24.9 Å². The molecule has 0 aromatic carbocycles. The molecule has 0 bridgehead atoms. The highest BCUT2D eigenvalue weighted by Crippen LogP contribution is 2.21. The van der Waals surface area contributed by atoms with Gasteiger partial charge in [-0.25, -0.2) is 0 Å². The van der Waals surface area contributed by atoms with Crippen molar-refractivity contribution in [3.63, 3.8) is 0 Å². The van der Waals surface area contributed by atoms with Crippen LogP contribution in [-0.4, -0.2) is 22.9 Å². The summed E-state index contributed by atoms with van der Waals surface area (Å²) >= 11 is 0. The van der Waals surface area contributed by atoms with Crippen LogP contribution in [0.15, 0.2) is 12.3 Å². The number of hydrogen-bond acceptors (Lipinski definition) is 2. The fourth-order valence-electron chi connectivity index (χ4n) is 1.18. The lowest BCUT2D eigenvalue weighted by Gasteiger charge is -2.06. The maximum Gasteiger partial charge on any atom is 0.389 e. The molecule has 0 amide bonds. The maximum absolute atomic E-state index is 11.8. The van der Waals surface area contributed by atoms with E-state index in [1.54, 1.807) is 6.20 Å². The third-order valence-corrected chi connectivity index (χ3v) is 1.94. The summed E-state index contributed by atoms with van der Waals surface area (Å²) < 4.78 is 35.3. The Hall–Kier alpha value is -1.04. The molecule has 0 aliphatic rings. The van der Waals surface area contributed by atoms with Gasteiger partial charge in [0.05, 0.1) is 0 Å². The zero-order valence-electron chi connectivity index (χ0n) is 8.27. The largest absolute Gasteiger partial charge is 0.389 e. The fraction of sp³-hybridized carbons (Fsp3) is 0.667. The SMILES string of the molecule is FC(F)(F)CCCCNCc1ccn[nH]1. The lowest BCUT2D eigenvalue weighted by atomic mass is 10.2. The minimum atomic E-state index is -4.02. The van der Waals surface area contributed by atoms with E-state index in [4.69, 9.17) is 0 Å². The highest BCUT2D eigenvalue weighted by Gasteiger charge is 2.25. The summed E-state index contributed by atoms with van der Waals surface area (Å²) in [7, 11) is 0. The topological polar surface area (TPSA) is 40.7 Å². The van der Waals surface area contributed by atoms with Gasteiger partial charge in [-0.15, -0.1) is 0 Å². The number of aromatic amines is 1. The van der Waals surface area contributed by atoms with Gasteiger partial charge in [0.25, 0.3) is 0 Å². The summed E-state index contributed by atoms with van der Waals surface area (Å²) in [6, 6.07) is 1.82. The lowest BCUT2D eigenvalue weighted by Crippen LogP contribution is -2.16. The first-order chi connectivity index (χ1) is 7.08. The van der Waals surface area contributed by atoms with Crippen molar-refractivity contribution in [1.29, 1.82) is 0 Å². The Kier molecular flexibility index (Phi) is 4.61. The number of nitrogens with zero attached hydrogens (tertiary/aromatic N) is 1. The van der Waals surface area contributed by atoms with Gasteiger partial charge in [0.1, 0.15) is 0 Å². The van der Waals surface area contributed by atoms with Crippen LogP contribution in [0.4, 0.5) is 13.2 Å². The molecule has 0 atom stereocenters. The van der Waals surface area contributed by atoms with Crippen molar-refractivity contribution in [1.82, 2.24) is 15.5 Å². The van der Waals surface area contributed by atoms with E-state index in [0.29, 0.717) is 19.5 Å². The van der Waals surface area contributed by atoms with Crippen molar-refractivity contribution >= 4 is 0 Å². The van der Waals surface area contributed by atoms with Crippen LogP contribution in [0.25, 0.3) is 0 Å². The molecule has 0 aliphatic heterocycles. The standard InChI is InChI=1S/C9H14F3N3/c10-9(11,12)4-1-2-5-13-7-8-3-6-14-15-8/h3,6,13H,1-2,4-5,7H2,(H,14,15). The minimum Gasteiger partial charge on any atom is -0.311 e. The van der Waals surface area contributed by atoms with Gasteiger partial charge in [0.2, 0.25) is 0 Å². The number of aromatic nitrogens is 2. The van der Waals surface area contributed by atoms with E-state index in [1.165, 1.54) is 0 Å². The molecular weight excluding hydrogens is 207 g/mol. The van der Waals surface area contributed by atoms with Crippen molar-refractivity contribution in [2.75, 3.05) is 6.54 Å². The van der Waals surface area contributed by atoms with Crippen LogP contribution in [0.5, 0.6) is 0 Å². The van der Waals surface area contributed by atoms with Gasteiger partial charge in [-0.1, -0.05) is 0 Å². The average molecular weight is 221 g/mol. The Morgan fingerprint density at radius 1 is 1.33 bits per heavy atom. The van der Waals surface area contributed by atoms with Crippen LogP contribution < -0.4 is 5.32 Å². The molecule has 1 aromatic rings. The fourth-order valence-corrected chi connectivity index (χ4v) is 1.18. The van der Waals surface area contributed by atoms with Crippen LogP contribution in [0.2, 0.25) is 0 Å². The molecule has 0 aliphatic carbocycles. The molecule has 0 spiro atoms. The van der Waals surface area contributed by atoms with Gasteiger partial charge in [0.15, 0.2) is 0 Å². The van der Waals surface area contributed by atoms with Gasteiger partial charge < -0.3 is 5.32 Å². The molecule has 2 N–H and O–H groups in total. The Bertz CT molecular complexity index is 256. The molecule has 0 radical (unpaired) electrons.